The molecule has 1 fully saturated rings. The van der Waals surface area contributed by atoms with Gasteiger partial charge in [0.1, 0.15) is 12.4 Å². The van der Waals surface area contributed by atoms with Crippen LogP contribution in [0.1, 0.15) is 56.5 Å². The number of carbonyl (C=O) groups excluding carboxylic acids is 1. The molecular weight excluding hydrogens is 372 g/mol. The van der Waals surface area contributed by atoms with E-state index < -0.39 is 0 Å². The number of ether oxygens (including phenoxy) is 1. The Balaban J connectivity index is 1.69. The first-order valence-corrected chi connectivity index (χ1v) is 10.1. The molecule has 0 bridgehead atoms. The summed E-state index contributed by atoms with van der Waals surface area (Å²) in [5.74, 6) is 0.493. The molecule has 2 aromatic carbocycles. The molecule has 0 saturated carbocycles. The highest BCUT2D eigenvalue weighted by Gasteiger charge is 2.38. The van der Waals surface area contributed by atoms with Crippen molar-refractivity contribution < 1.29 is 9.53 Å². The maximum atomic E-state index is 13.0. The smallest absolute Gasteiger partial charge is 0.255 e. The molecule has 0 spiro atoms. The standard InChI is InChI=1S/C23H29ClN2O2/c1-22(2)13-18(14-23(3,4)26-22)25-21(27)19-7-5-6-8-20(19)28-15-16-9-11-17(24)12-10-16/h5-12,18,26H,13-15H2,1-4H3,(H,25,27). The summed E-state index contributed by atoms with van der Waals surface area (Å²) in [5, 5.41) is 7.55. The fourth-order valence-corrected chi connectivity index (χ4v) is 4.34. The van der Waals surface area contributed by atoms with Crippen molar-refractivity contribution in [3.63, 3.8) is 0 Å². The van der Waals surface area contributed by atoms with Gasteiger partial charge in [-0.05, 0) is 70.4 Å². The summed E-state index contributed by atoms with van der Waals surface area (Å²) >= 11 is 5.93. The van der Waals surface area contributed by atoms with E-state index in [1.54, 1.807) is 0 Å². The normalized spacial score (nSPS) is 18.5. The molecule has 0 radical (unpaired) electrons. The van der Waals surface area contributed by atoms with Gasteiger partial charge in [-0.25, -0.2) is 0 Å². The molecule has 0 aromatic heterocycles. The van der Waals surface area contributed by atoms with Crippen LogP contribution in [0.15, 0.2) is 48.5 Å². The quantitative estimate of drug-likeness (QED) is 0.745. The predicted octanol–water partition coefficient (Wildman–Crippen LogP) is 4.96. The van der Waals surface area contributed by atoms with Crippen LogP contribution in [0.5, 0.6) is 5.75 Å². The largest absolute Gasteiger partial charge is 0.488 e. The van der Waals surface area contributed by atoms with E-state index in [1.165, 1.54) is 0 Å². The lowest BCUT2D eigenvalue weighted by atomic mass is 9.79. The summed E-state index contributed by atoms with van der Waals surface area (Å²) in [6.07, 6.45) is 1.77. The van der Waals surface area contributed by atoms with Crippen LogP contribution in [0.2, 0.25) is 5.02 Å². The first kappa shape index (κ1) is 20.7. The van der Waals surface area contributed by atoms with Crippen molar-refractivity contribution in [1.29, 1.82) is 0 Å². The van der Waals surface area contributed by atoms with Gasteiger partial charge in [0, 0.05) is 22.1 Å². The van der Waals surface area contributed by atoms with Gasteiger partial charge in [-0.1, -0.05) is 35.9 Å². The summed E-state index contributed by atoms with van der Waals surface area (Å²) in [6, 6.07) is 15.0. The van der Waals surface area contributed by atoms with E-state index in [4.69, 9.17) is 16.3 Å². The highest BCUT2D eigenvalue weighted by atomic mass is 35.5. The van der Waals surface area contributed by atoms with E-state index in [0.717, 1.165) is 18.4 Å². The molecule has 5 heteroatoms. The molecule has 2 N–H and O–H groups in total. The van der Waals surface area contributed by atoms with Gasteiger partial charge in [0.2, 0.25) is 0 Å². The lowest BCUT2D eigenvalue weighted by molar-refractivity contribution is 0.0869. The highest BCUT2D eigenvalue weighted by molar-refractivity contribution is 6.30. The molecule has 1 aliphatic rings. The molecular formula is C23H29ClN2O2. The van der Waals surface area contributed by atoms with Crippen molar-refractivity contribution in [1.82, 2.24) is 10.6 Å². The van der Waals surface area contributed by atoms with Gasteiger partial charge in [0.15, 0.2) is 0 Å². The van der Waals surface area contributed by atoms with Crippen molar-refractivity contribution >= 4 is 17.5 Å². The monoisotopic (exact) mass is 400 g/mol. The lowest BCUT2D eigenvalue weighted by Gasteiger charge is -2.46. The van der Waals surface area contributed by atoms with Crippen LogP contribution in [0.4, 0.5) is 0 Å². The predicted molar refractivity (Wildman–Crippen MR) is 114 cm³/mol. The fraction of sp³-hybridized carbons (Fsp3) is 0.435. The summed E-state index contributed by atoms with van der Waals surface area (Å²) in [5.41, 5.74) is 1.52. The van der Waals surface area contributed by atoms with Gasteiger partial charge in [0.25, 0.3) is 5.91 Å². The summed E-state index contributed by atoms with van der Waals surface area (Å²) in [6.45, 7) is 9.09. The number of hydrogen-bond acceptors (Lipinski definition) is 3. The number of amides is 1. The molecule has 1 aliphatic heterocycles. The summed E-state index contributed by atoms with van der Waals surface area (Å²) < 4.78 is 5.94. The second-order valence-corrected chi connectivity index (χ2v) is 9.32. The molecule has 0 atom stereocenters. The van der Waals surface area contributed by atoms with Gasteiger partial charge in [0.05, 0.1) is 5.56 Å². The number of piperidine rings is 1. The lowest BCUT2D eigenvalue weighted by Crippen LogP contribution is -2.62. The molecule has 4 nitrogen and oxygen atoms in total. The molecule has 28 heavy (non-hydrogen) atoms. The van der Waals surface area contributed by atoms with Gasteiger partial charge in [-0.3, -0.25) is 4.79 Å². The summed E-state index contributed by atoms with van der Waals surface area (Å²) in [7, 11) is 0. The number of para-hydroxylation sites is 1. The van der Waals surface area contributed by atoms with Crippen LogP contribution < -0.4 is 15.4 Å². The zero-order valence-electron chi connectivity index (χ0n) is 17.0. The maximum Gasteiger partial charge on any atom is 0.255 e. The summed E-state index contributed by atoms with van der Waals surface area (Å²) in [4.78, 5) is 13.0. The molecule has 1 saturated heterocycles. The number of rotatable bonds is 5. The van der Waals surface area contributed by atoms with Crippen LogP contribution in [0.3, 0.4) is 0 Å². The number of halogens is 1. The SMILES string of the molecule is CC1(C)CC(NC(=O)c2ccccc2OCc2ccc(Cl)cc2)CC(C)(C)N1. The van der Waals surface area contributed by atoms with Crippen LogP contribution >= 0.6 is 11.6 Å². The zero-order valence-corrected chi connectivity index (χ0v) is 17.8. The minimum absolute atomic E-state index is 0.0235. The van der Waals surface area contributed by atoms with E-state index >= 15 is 0 Å². The van der Waals surface area contributed by atoms with Crippen LogP contribution in [-0.2, 0) is 6.61 Å². The van der Waals surface area contributed by atoms with Gasteiger partial charge < -0.3 is 15.4 Å². The van der Waals surface area contributed by atoms with Crippen molar-refractivity contribution in [3.05, 3.63) is 64.7 Å². The van der Waals surface area contributed by atoms with Crippen LogP contribution in [0, 0.1) is 0 Å². The molecule has 1 heterocycles. The molecule has 150 valence electrons. The number of hydrogen-bond donors (Lipinski definition) is 2. The Morgan fingerprint density at radius 3 is 2.32 bits per heavy atom. The van der Waals surface area contributed by atoms with Crippen molar-refractivity contribution in [2.45, 2.75) is 64.3 Å². The van der Waals surface area contributed by atoms with Gasteiger partial charge >= 0.3 is 0 Å². The molecule has 0 unspecified atom stereocenters. The third kappa shape index (κ3) is 5.49. The second-order valence-electron chi connectivity index (χ2n) is 8.88. The average Bonchev–Trinajstić information content (AvgIpc) is 2.58. The topological polar surface area (TPSA) is 50.4 Å². The minimum Gasteiger partial charge on any atom is -0.488 e. The Labute approximate surface area is 172 Å². The number of carbonyl (C=O) groups is 1. The van der Waals surface area contributed by atoms with E-state index in [9.17, 15) is 4.79 Å². The first-order valence-electron chi connectivity index (χ1n) is 9.70. The second kappa shape index (κ2) is 8.14. The van der Waals surface area contributed by atoms with E-state index in [-0.39, 0.29) is 23.0 Å². The zero-order chi connectivity index (χ0) is 20.4. The first-order chi connectivity index (χ1) is 13.1. The van der Waals surface area contributed by atoms with E-state index in [0.29, 0.717) is 22.9 Å². The van der Waals surface area contributed by atoms with Crippen molar-refractivity contribution in [2.24, 2.45) is 0 Å². The van der Waals surface area contributed by atoms with Gasteiger partial charge in [-0.15, -0.1) is 0 Å². The average molecular weight is 401 g/mol. The molecule has 3 rings (SSSR count). The third-order valence-electron chi connectivity index (χ3n) is 4.96. The maximum absolute atomic E-state index is 13.0. The molecule has 1 amide bonds. The minimum atomic E-state index is -0.0924. The fourth-order valence-electron chi connectivity index (χ4n) is 4.21. The van der Waals surface area contributed by atoms with Crippen molar-refractivity contribution in [2.75, 3.05) is 0 Å². The number of benzene rings is 2. The Morgan fingerprint density at radius 1 is 1.07 bits per heavy atom. The Kier molecular flexibility index (Phi) is 6.01. The van der Waals surface area contributed by atoms with E-state index in [1.807, 2.05) is 48.5 Å². The Morgan fingerprint density at radius 2 is 1.68 bits per heavy atom. The highest BCUT2D eigenvalue weighted by Crippen LogP contribution is 2.29. The third-order valence-corrected chi connectivity index (χ3v) is 5.22. The van der Waals surface area contributed by atoms with E-state index in [2.05, 4.69) is 38.3 Å². The Bertz CT molecular complexity index is 815. The van der Waals surface area contributed by atoms with Crippen LogP contribution in [-0.4, -0.2) is 23.0 Å². The van der Waals surface area contributed by atoms with Crippen LogP contribution in [0.25, 0.3) is 0 Å². The Hall–Kier alpha value is -2.04. The molecule has 0 aliphatic carbocycles. The van der Waals surface area contributed by atoms with Crippen molar-refractivity contribution in [3.8, 4) is 5.75 Å². The number of nitrogens with one attached hydrogen (secondary N) is 2. The molecule has 2 aromatic rings. The van der Waals surface area contributed by atoms with Gasteiger partial charge in [-0.2, -0.15) is 0 Å².